The Morgan fingerprint density at radius 3 is 2.18 bits per heavy atom. The molecule has 0 radical (unpaired) electrons. The van der Waals surface area contributed by atoms with Crippen molar-refractivity contribution >= 4 is 25.7 Å². The zero-order valence-electron chi connectivity index (χ0n) is 13.2. The fourth-order valence-electron chi connectivity index (χ4n) is 2.55. The minimum Gasteiger partial charge on any atom is -0.283 e. The van der Waals surface area contributed by atoms with Crippen molar-refractivity contribution in [2.24, 2.45) is 5.92 Å². The monoisotopic (exact) mass is 346 g/mol. The second-order valence-corrected chi connectivity index (χ2v) is 9.46. The largest absolute Gasteiger partial charge is 0.283 e. The Labute approximate surface area is 132 Å². The van der Waals surface area contributed by atoms with Gasteiger partial charge in [0.05, 0.1) is 16.8 Å². The van der Waals surface area contributed by atoms with Crippen molar-refractivity contribution in [3.8, 4) is 0 Å². The van der Waals surface area contributed by atoms with Crippen LogP contribution in [0.4, 0.5) is 5.69 Å². The summed E-state index contributed by atoms with van der Waals surface area (Å²) in [5.74, 6) is 0.425. The van der Waals surface area contributed by atoms with Gasteiger partial charge in [0.25, 0.3) is 0 Å². The average molecular weight is 346 g/mol. The smallest absolute Gasteiger partial charge is 0.241 e. The number of rotatable bonds is 6. The van der Waals surface area contributed by atoms with Gasteiger partial charge in [-0.3, -0.25) is 4.72 Å². The minimum atomic E-state index is -3.66. The molecule has 6 nitrogen and oxygen atoms in total. The molecular weight excluding hydrogens is 324 g/mol. The molecule has 0 spiro atoms. The highest BCUT2D eigenvalue weighted by atomic mass is 32.2. The number of hydrogen-bond donors (Lipinski definition) is 2. The minimum absolute atomic E-state index is 0.157. The van der Waals surface area contributed by atoms with Crippen LogP contribution in [0.1, 0.15) is 29.5 Å². The first-order valence-electron chi connectivity index (χ1n) is 7.09. The Kier molecular flexibility index (Phi) is 4.56. The van der Waals surface area contributed by atoms with Gasteiger partial charge in [-0.25, -0.2) is 21.6 Å². The molecule has 0 bridgehead atoms. The van der Waals surface area contributed by atoms with E-state index in [0.29, 0.717) is 34.8 Å². The number of benzene rings is 1. The van der Waals surface area contributed by atoms with E-state index in [1.165, 1.54) is 0 Å². The zero-order chi connectivity index (χ0) is 16.7. The van der Waals surface area contributed by atoms with Crippen molar-refractivity contribution in [3.05, 3.63) is 22.8 Å². The molecule has 2 rings (SSSR count). The molecule has 0 heterocycles. The Balaban J connectivity index is 2.48. The molecule has 1 saturated carbocycles. The van der Waals surface area contributed by atoms with Gasteiger partial charge < -0.3 is 0 Å². The highest BCUT2D eigenvalue weighted by Crippen LogP contribution is 2.32. The fourth-order valence-corrected chi connectivity index (χ4v) is 4.82. The van der Waals surface area contributed by atoms with Crippen molar-refractivity contribution in [1.82, 2.24) is 4.72 Å². The van der Waals surface area contributed by atoms with Crippen molar-refractivity contribution in [1.29, 1.82) is 0 Å². The van der Waals surface area contributed by atoms with E-state index in [1.807, 2.05) is 0 Å². The SMILES string of the molecule is Cc1cc(C)c(S(=O)(=O)NCC2CC2)c(C)c1NS(C)(=O)=O. The van der Waals surface area contributed by atoms with Crippen LogP contribution in [-0.2, 0) is 20.0 Å². The van der Waals surface area contributed by atoms with Gasteiger partial charge in [-0.1, -0.05) is 6.07 Å². The molecule has 22 heavy (non-hydrogen) atoms. The quantitative estimate of drug-likeness (QED) is 0.819. The summed E-state index contributed by atoms with van der Waals surface area (Å²) in [5, 5.41) is 0. The van der Waals surface area contributed by atoms with Crippen molar-refractivity contribution < 1.29 is 16.8 Å². The third kappa shape index (κ3) is 3.99. The van der Waals surface area contributed by atoms with Crippen LogP contribution < -0.4 is 9.44 Å². The van der Waals surface area contributed by atoms with Crippen LogP contribution in [0.15, 0.2) is 11.0 Å². The summed E-state index contributed by atoms with van der Waals surface area (Å²) in [6, 6.07) is 1.69. The number of sulfonamides is 2. The summed E-state index contributed by atoms with van der Waals surface area (Å²) < 4.78 is 53.1. The van der Waals surface area contributed by atoms with Crippen LogP contribution in [0.25, 0.3) is 0 Å². The topological polar surface area (TPSA) is 92.3 Å². The summed E-state index contributed by atoms with van der Waals surface area (Å²) >= 11 is 0. The standard InChI is InChI=1S/C14H22N2O4S2/c1-9-7-10(2)14(11(3)13(9)16-21(4,17)18)22(19,20)15-8-12-5-6-12/h7,12,15-16H,5-6,8H2,1-4H3. The predicted molar refractivity (Wildman–Crippen MR) is 87.0 cm³/mol. The second-order valence-electron chi connectivity index (χ2n) is 6.01. The summed E-state index contributed by atoms with van der Waals surface area (Å²) in [5.41, 5.74) is 2.06. The molecule has 0 atom stereocenters. The molecule has 1 fully saturated rings. The van der Waals surface area contributed by atoms with Gasteiger partial charge >= 0.3 is 0 Å². The molecule has 124 valence electrons. The summed E-state index contributed by atoms with van der Waals surface area (Å²) in [4.78, 5) is 0.157. The molecule has 0 saturated heterocycles. The maximum absolute atomic E-state index is 12.5. The molecule has 8 heteroatoms. The van der Waals surface area contributed by atoms with Gasteiger partial charge in [0.2, 0.25) is 20.0 Å². The predicted octanol–water partition coefficient (Wildman–Crippen LogP) is 1.67. The molecular formula is C14H22N2O4S2. The fraction of sp³-hybridized carbons (Fsp3) is 0.571. The summed E-state index contributed by atoms with van der Waals surface area (Å²) in [6.07, 6.45) is 3.15. The Morgan fingerprint density at radius 2 is 1.68 bits per heavy atom. The molecule has 1 aromatic rings. The van der Waals surface area contributed by atoms with Crippen molar-refractivity contribution in [2.75, 3.05) is 17.5 Å². The molecule has 1 aromatic carbocycles. The normalized spacial score (nSPS) is 15.8. The lowest BCUT2D eigenvalue weighted by Crippen LogP contribution is -2.27. The third-order valence-electron chi connectivity index (χ3n) is 3.72. The molecule has 0 unspecified atom stereocenters. The number of aryl methyl sites for hydroxylation is 2. The van der Waals surface area contributed by atoms with Gasteiger partial charge in [-0.15, -0.1) is 0 Å². The van der Waals surface area contributed by atoms with Gasteiger partial charge in [0, 0.05) is 6.54 Å². The molecule has 0 aromatic heterocycles. The van der Waals surface area contributed by atoms with Crippen LogP contribution in [0, 0.1) is 26.7 Å². The highest BCUT2D eigenvalue weighted by Gasteiger charge is 2.27. The number of hydrogen-bond acceptors (Lipinski definition) is 4. The third-order valence-corrected chi connectivity index (χ3v) is 6.00. The number of nitrogens with one attached hydrogen (secondary N) is 2. The van der Waals surface area contributed by atoms with Gasteiger partial charge in [-0.2, -0.15) is 0 Å². The van der Waals surface area contributed by atoms with E-state index in [0.717, 1.165) is 19.1 Å². The Hall–Kier alpha value is -1.12. The van der Waals surface area contributed by atoms with Crippen LogP contribution in [0.5, 0.6) is 0 Å². The summed E-state index contributed by atoms with van der Waals surface area (Å²) in [6.45, 7) is 5.53. The first-order chi connectivity index (χ1) is 10.0. The molecule has 1 aliphatic rings. The van der Waals surface area contributed by atoms with E-state index in [-0.39, 0.29) is 4.90 Å². The van der Waals surface area contributed by atoms with Crippen LogP contribution in [0.3, 0.4) is 0 Å². The lowest BCUT2D eigenvalue weighted by molar-refractivity contribution is 0.576. The first-order valence-corrected chi connectivity index (χ1v) is 10.5. The lowest BCUT2D eigenvalue weighted by atomic mass is 10.1. The average Bonchev–Trinajstić information content (AvgIpc) is 3.14. The Bertz CT molecular complexity index is 795. The molecule has 2 N–H and O–H groups in total. The maximum atomic E-state index is 12.5. The van der Waals surface area contributed by atoms with E-state index in [1.54, 1.807) is 26.8 Å². The number of anilines is 1. The first kappa shape index (κ1) is 17.2. The summed E-state index contributed by atoms with van der Waals surface area (Å²) in [7, 11) is -7.13. The van der Waals surface area contributed by atoms with Crippen molar-refractivity contribution in [3.63, 3.8) is 0 Å². The Morgan fingerprint density at radius 1 is 1.09 bits per heavy atom. The van der Waals surface area contributed by atoms with E-state index >= 15 is 0 Å². The van der Waals surface area contributed by atoms with Crippen LogP contribution in [0.2, 0.25) is 0 Å². The van der Waals surface area contributed by atoms with Crippen molar-refractivity contribution in [2.45, 2.75) is 38.5 Å². The van der Waals surface area contributed by atoms with Gasteiger partial charge in [-0.05, 0) is 56.2 Å². The highest BCUT2D eigenvalue weighted by molar-refractivity contribution is 7.92. The zero-order valence-corrected chi connectivity index (χ0v) is 14.9. The molecule has 0 aliphatic heterocycles. The van der Waals surface area contributed by atoms with Gasteiger partial charge in [0.1, 0.15) is 0 Å². The molecule has 0 amide bonds. The van der Waals surface area contributed by atoms with Gasteiger partial charge in [0.15, 0.2) is 0 Å². The second kappa shape index (κ2) is 5.82. The van der Waals surface area contributed by atoms with E-state index in [4.69, 9.17) is 0 Å². The van der Waals surface area contributed by atoms with E-state index < -0.39 is 20.0 Å². The van der Waals surface area contributed by atoms with Crippen LogP contribution >= 0.6 is 0 Å². The maximum Gasteiger partial charge on any atom is 0.241 e. The van der Waals surface area contributed by atoms with E-state index in [9.17, 15) is 16.8 Å². The van der Waals surface area contributed by atoms with E-state index in [2.05, 4.69) is 9.44 Å². The van der Waals surface area contributed by atoms with Crippen LogP contribution in [-0.4, -0.2) is 29.6 Å². The lowest BCUT2D eigenvalue weighted by Gasteiger charge is -2.18. The molecule has 1 aliphatic carbocycles.